The first-order chi connectivity index (χ1) is 16.9. The zero-order valence-corrected chi connectivity index (χ0v) is 19.5. The average Bonchev–Trinajstić information content (AvgIpc) is 2.89. The van der Waals surface area contributed by atoms with Crippen molar-refractivity contribution in [2.45, 2.75) is 11.4 Å². The number of anilines is 2. The number of hydrogen-bond donors (Lipinski definition) is 3. The van der Waals surface area contributed by atoms with Gasteiger partial charge in [0.05, 0.1) is 16.1 Å². The van der Waals surface area contributed by atoms with Gasteiger partial charge in [0.15, 0.2) is 0 Å². The summed E-state index contributed by atoms with van der Waals surface area (Å²) in [6, 6.07) is 30.3. The van der Waals surface area contributed by atoms with E-state index in [2.05, 4.69) is 15.4 Å². The number of amides is 2. The minimum Gasteiger partial charge on any atom is -0.348 e. The Bertz CT molecular complexity index is 1420. The molecular formula is C27H23N3O4S. The molecule has 176 valence electrons. The van der Waals surface area contributed by atoms with Crippen LogP contribution in [0.15, 0.2) is 114 Å². The number of para-hydroxylation sites is 1. The van der Waals surface area contributed by atoms with E-state index in [0.717, 1.165) is 5.56 Å². The van der Waals surface area contributed by atoms with Gasteiger partial charge < -0.3 is 10.6 Å². The highest BCUT2D eigenvalue weighted by Crippen LogP contribution is 2.19. The van der Waals surface area contributed by atoms with Gasteiger partial charge in [0.2, 0.25) is 0 Å². The van der Waals surface area contributed by atoms with E-state index < -0.39 is 15.9 Å². The van der Waals surface area contributed by atoms with Crippen LogP contribution in [0, 0.1) is 0 Å². The first kappa shape index (κ1) is 23.7. The molecule has 4 aromatic carbocycles. The van der Waals surface area contributed by atoms with Gasteiger partial charge in [-0.2, -0.15) is 0 Å². The third-order valence-electron chi connectivity index (χ3n) is 5.17. The molecular weight excluding hydrogens is 462 g/mol. The predicted molar refractivity (Wildman–Crippen MR) is 136 cm³/mol. The summed E-state index contributed by atoms with van der Waals surface area (Å²) >= 11 is 0. The molecule has 7 nitrogen and oxygen atoms in total. The van der Waals surface area contributed by atoms with E-state index in [1.165, 1.54) is 36.4 Å². The van der Waals surface area contributed by atoms with E-state index in [0.29, 0.717) is 29.0 Å². The smallest absolute Gasteiger partial charge is 0.261 e. The van der Waals surface area contributed by atoms with Crippen LogP contribution in [0.1, 0.15) is 26.3 Å². The fraction of sp³-hybridized carbons (Fsp3) is 0.0370. The number of nitrogens with one attached hydrogen (secondary N) is 3. The molecule has 0 fully saturated rings. The van der Waals surface area contributed by atoms with Crippen molar-refractivity contribution in [1.82, 2.24) is 5.32 Å². The molecule has 8 heteroatoms. The molecule has 0 bridgehead atoms. The Hall–Kier alpha value is -4.43. The minimum absolute atomic E-state index is 0.143. The molecule has 0 unspecified atom stereocenters. The first-order valence-corrected chi connectivity index (χ1v) is 12.3. The van der Waals surface area contributed by atoms with Crippen molar-refractivity contribution in [3.05, 3.63) is 126 Å². The van der Waals surface area contributed by atoms with Crippen LogP contribution in [0.2, 0.25) is 0 Å². The molecule has 3 N–H and O–H groups in total. The SMILES string of the molecule is O=C(Nc1ccccc1C(=O)NCc1ccccc1)c1ccc(NS(=O)(=O)c2ccccc2)cc1. The zero-order valence-electron chi connectivity index (χ0n) is 18.6. The molecule has 4 rings (SSSR count). The van der Waals surface area contributed by atoms with Crippen LogP contribution in [0.5, 0.6) is 0 Å². The molecule has 0 heterocycles. The number of carbonyl (C=O) groups is 2. The van der Waals surface area contributed by atoms with E-state index in [9.17, 15) is 18.0 Å². The largest absolute Gasteiger partial charge is 0.348 e. The Morgan fingerprint density at radius 3 is 1.94 bits per heavy atom. The highest BCUT2D eigenvalue weighted by Gasteiger charge is 2.16. The van der Waals surface area contributed by atoms with Crippen molar-refractivity contribution >= 4 is 33.2 Å². The van der Waals surface area contributed by atoms with Crippen LogP contribution < -0.4 is 15.4 Å². The lowest BCUT2D eigenvalue weighted by Crippen LogP contribution is -2.24. The second kappa shape index (κ2) is 10.7. The quantitative estimate of drug-likeness (QED) is 0.337. The number of hydrogen-bond acceptors (Lipinski definition) is 4. The topological polar surface area (TPSA) is 104 Å². The molecule has 0 spiro atoms. The van der Waals surface area contributed by atoms with Crippen LogP contribution in [0.25, 0.3) is 0 Å². The summed E-state index contributed by atoms with van der Waals surface area (Å²) in [6.07, 6.45) is 0. The number of benzene rings is 4. The lowest BCUT2D eigenvalue weighted by atomic mass is 10.1. The van der Waals surface area contributed by atoms with E-state index >= 15 is 0 Å². The van der Waals surface area contributed by atoms with Crippen LogP contribution in [0.4, 0.5) is 11.4 Å². The van der Waals surface area contributed by atoms with Crippen molar-refractivity contribution in [3.63, 3.8) is 0 Å². The van der Waals surface area contributed by atoms with Gasteiger partial charge >= 0.3 is 0 Å². The summed E-state index contributed by atoms with van der Waals surface area (Å²) in [4.78, 5) is 25.7. The van der Waals surface area contributed by atoms with Gasteiger partial charge in [-0.25, -0.2) is 8.42 Å². The molecule has 4 aromatic rings. The van der Waals surface area contributed by atoms with E-state index in [4.69, 9.17) is 0 Å². The van der Waals surface area contributed by atoms with Crippen LogP contribution in [-0.2, 0) is 16.6 Å². The maximum absolute atomic E-state index is 12.8. The summed E-state index contributed by atoms with van der Waals surface area (Å²) in [7, 11) is -3.73. The Morgan fingerprint density at radius 1 is 0.657 bits per heavy atom. The molecule has 0 atom stereocenters. The molecule has 0 aliphatic carbocycles. The summed E-state index contributed by atoms with van der Waals surface area (Å²) in [6.45, 7) is 0.363. The zero-order chi connectivity index (χ0) is 24.7. The molecule has 0 saturated heterocycles. The number of sulfonamides is 1. The van der Waals surface area contributed by atoms with E-state index in [1.807, 2.05) is 30.3 Å². The molecule has 2 amide bonds. The highest BCUT2D eigenvalue weighted by molar-refractivity contribution is 7.92. The second-order valence-electron chi connectivity index (χ2n) is 7.66. The third kappa shape index (κ3) is 6.13. The number of carbonyl (C=O) groups excluding carboxylic acids is 2. The predicted octanol–water partition coefficient (Wildman–Crippen LogP) is 4.67. The van der Waals surface area contributed by atoms with Crippen molar-refractivity contribution in [3.8, 4) is 0 Å². The summed E-state index contributed by atoms with van der Waals surface area (Å²) in [5.41, 5.74) is 2.31. The summed E-state index contributed by atoms with van der Waals surface area (Å²) in [5, 5.41) is 5.62. The fourth-order valence-electron chi connectivity index (χ4n) is 3.36. The monoisotopic (exact) mass is 485 g/mol. The maximum Gasteiger partial charge on any atom is 0.261 e. The lowest BCUT2D eigenvalue weighted by Gasteiger charge is -2.12. The fourth-order valence-corrected chi connectivity index (χ4v) is 4.44. The second-order valence-corrected chi connectivity index (χ2v) is 9.35. The van der Waals surface area contributed by atoms with Gasteiger partial charge in [0, 0.05) is 17.8 Å². The Balaban J connectivity index is 1.42. The molecule has 0 aliphatic heterocycles. The summed E-state index contributed by atoms with van der Waals surface area (Å²) < 4.78 is 27.4. The van der Waals surface area contributed by atoms with Gasteiger partial charge in [0.25, 0.3) is 21.8 Å². The molecule has 0 aromatic heterocycles. The van der Waals surface area contributed by atoms with Crippen molar-refractivity contribution < 1.29 is 18.0 Å². The molecule has 0 saturated carbocycles. The van der Waals surface area contributed by atoms with Crippen LogP contribution in [0.3, 0.4) is 0 Å². The Morgan fingerprint density at radius 2 is 1.26 bits per heavy atom. The van der Waals surface area contributed by atoms with Crippen LogP contribution >= 0.6 is 0 Å². The minimum atomic E-state index is -3.73. The van der Waals surface area contributed by atoms with Gasteiger partial charge in [-0.1, -0.05) is 60.7 Å². The molecule has 35 heavy (non-hydrogen) atoms. The van der Waals surface area contributed by atoms with Crippen molar-refractivity contribution in [2.75, 3.05) is 10.0 Å². The van der Waals surface area contributed by atoms with Gasteiger partial charge in [-0.05, 0) is 54.1 Å². The van der Waals surface area contributed by atoms with E-state index in [1.54, 1.807) is 42.5 Å². The molecule has 0 radical (unpaired) electrons. The van der Waals surface area contributed by atoms with Gasteiger partial charge in [0.1, 0.15) is 0 Å². The normalized spacial score (nSPS) is 10.9. The maximum atomic E-state index is 12.8. The van der Waals surface area contributed by atoms with Crippen molar-refractivity contribution in [2.24, 2.45) is 0 Å². The summed E-state index contributed by atoms with van der Waals surface area (Å²) in [5.74, 6) is -0.735. The Kier molecular flexibility index (Phi) is 7.23. The average molecular weight is 486 g/mol. The molecule has 0 aliphatic rings. The van der Waals surface area contributed by atoms with E-state index in [-0.39, 0.29) is 10.8 Å². The lowest BCUT2D eigenvalue weighted by molar-refractivity contribution is 0.0951. The van der Waals surface area contributed by atoms with Gasteiger partial charge in [-0.3, -0.25) is 14.3 Å². The van der Waals surface area contributed by atoms with Crippen LogP contribution in [-0.4, -0.2) is 20.2 Å². The van der Waals surface area contributed by atoms with Gasteiger partial charge in [-0.15, -0.1) is 0 Å². The first-order valence-electron chi connectivity index (χ1n) is 10.8. The highest BCUT2D eigenvalue weighted by atomic mass is 32.2. The Labute approximate surface area is 203 Å². The van der Waals surface area contributed by atoms with Crippen molar-refractivity contribution in [1.29, 1.82) is 0 Å². The third-order valence-corrected chi connectivity index (χ3v) is 6.57. The standard InChI is InChI=1S/C27H23N3O4S/c31-26(21-15-17-22(18-16-21)30-35(33,34)23-11-5-2-6-12-23)29-25-14-8-7-13-24(25)27(32)28-19-20-9-3-1-4-10-20/h1-18,30H,19H2,(H,28,32)(H,29,31). The number of rotatable bonds is 8.